The molecular formula is C10H20N2O3. The summed E-state index contributed by atoms with van der Waals surface area (Å²) in [5, 5.41) is 18.7. The lowest BCUT2D eigenvalue weighted by molar-refractivity contribution is -0.136. The maximum Gasteiger partial charge on any atom is 0.227 e. The van der Waals surface area contributed by atoms with Crippen molar-refractivity contribution in [2.24, 2.45) is 17.6 Å². The molecule has 3 atom stereocenters. The van der Waals surface area contributed by atoms with Crippen LogP contribution < -0.4 is 5.73 Å². The SMILES string of the molecule is CC(C)C(CN)C(=O)N1CC(O)C(O)C1. The largest absolute Gasteiger partial charge is 0.388 e. The summed E-state index contributed by atoms with van der Waals surface area (Å²) in [5.74, 6) is -0.108. The zero-order valence-corrected chi connectivity index (χ0v) is 9.26. The number of β-amino-alcohol motifs (C(OH)–C–C–N with tert-alkyl or cyclic N) is 2. The third-order valence-electron chi connectivity index (χ3n) is 2.95. The van der Waals surface area contributed by atoms with E-state index in [1.54, 1.807) is 0 Å². The first kappa shape index (κ1) is 12.4. The van der Waals surface area contributed by atoms with Gasteiger partial charge in [-0.3, -0.25) is 4.79 Å². The van der Waals surface area contributed by atoms with E-state index in [9.17, 15) is 15.0 Å². The number of carbonyl (C=O) groups is 1. The van der Waals surface area contributed by atoms with E-state index in [2.05, 4.69) is 0 Å². The molecule has 1 aliphatic rings. The lowest BCUT2D eigenvalue weighted by Crippen LogP contribution is -2.40. The topological polar surface area (TPSA) is 86.8 Å². The fraction of sp³-hybridized carbons (Fsp3) is 0.900. The van der Waals surface area contributed by atoms with Crippen molar-refractivity contribution in [2.45, 2.75) is 26.1 Å². The number of aliphatic hydroxyl groups is 2. The monoisotopic (exact) mass is 216 g/mol. The first-order valence-corrected chi connectivity index (χ1v) is 5.32. The molecule has 0 spiro atoms. The van der Waals surface area contributed by atoms with Gasteiger partial charge in [0.05, 0.1) is 18.1 Å². The summed E-state index contributed by atoms with van der Waals surface area (Å²) in [6.45, 7) is 4.61. The van der Waals surface area contributed by atoms with Gasteiger partial charge in [0.15, 0.2) is 0 Å². The highest BCUT2D eigenvalue weighted by molar-refractivity contribution is 5.79. The zero-order valence-electron chi connectivity index (χ0n) is 9.26. The van der Waals surface area contributed by atoms with Crippen LogP contribution in [0.25, 0.3) is 0 Å². The van der Waals surface area contributed by atoms with Crippen molar-refractivity contribution >= 4 is 5.91 Å². The van der Waals surface area contributed by atoms with Gasteiger partial charge in [-0.25, -0.2) is 0 Å². The average Bonchev–Trinajstić information content (AvgIpc) is 2.47. The van der Waals surface area contributed by atoms with E-state index in [1.807, 2.05) is 13.8 Å². The van der Waals surface area contributed by atoms with E-state index in [0.717, 1.165) is 0 Å². The van der Waals surface area contributed by atoms with Crippen LogP contribution in [0, 0.1) is 11.8 Å². The smallest absolute Gasteiger partial charge is 0.227 e. The van der Waals surface area contributed by atoms with Crippen LogP contribution in [0.5, 0.6) is 0 Å². The third kappa shape index (κ3) is 2.68. The number of hydrogen-bond acceptors (Lipinski definition) is 4. The molecule has 1 aliphatic heterocycles. The Morgan fingerprint density at radius 2 is 1.87 bits per heavy atom. The van der Waals surface area contributed by atoms with Gasteiger partial charge in [0.2, 0.25) is 5.91 Å². The second-order valence-corrected chi connectivity index (χ2v) is 4.46. The van der Waals surface area contributed by atoms with E-state index in [0.29, 0.717) is 6.54 Å². The maximum atomic E-state index is 11.9. The number of carbonyl (C=O) groups excluding carboxylic acids is 1. The molecule has 5 nitrogen and oxygen atoms in total. The van der Waals surface area contributed by atoms with Crippen molar-refractivity contribution in [1.82, 2.24) is 4.90 Å². The Kier molecular flexibility index (Phi) is 4.07. The van der Waals surface area contributed by atoms with Crippen LogP contribution in [0.4, 0.5) is 0 Å². The maximum absolute atomic E-state index is 11.9. The summed E-state index contributed by atoms with van der Waals surface area (Å²) in [6.07, 6.45) is -1.64. The van der Waals surface area contributed by atoms with Crippen molar-refractivity contribution in [2.75, 3.05) is 19.6 Å². The summed E-state index contributed by atoms with van der Waals surface area (Å²) >= 11 is 0. The predicted octanol–water partition coefficient (Wildman–Crippen LogP) is -1.22. The molecule has 0 bridgehead atoms. The molecule has 1 heterocycles. The summed E-state index contributed by atoms with van der Waals surface area (Å²) < 4.78 is 0. The van der Waals surface area contributed by atoms with Gasteiger partial charge in [0, 0.05) is 19.6 Å². The molecule has 0 aromatic carbocycles. The molecule has 1 saturated heterocycles. The van der Waals surface area contributed by atoms with Crippen molar-refractivity contribution in [1.29, 1.82) is 0 Å². The highest BCUT2D eigenvalue weighted by Gasteiger charge is 2.35. The molecule has 15 heavy (non-hydrogen) atoms. The van der Waals surface area contributed by atoms with E-state index in [4.69, 9.17) is 5.73 Å². The fourth-order valence-corrected chi connectivity index (χ4v) is 1.84. The Labute approximate surface area is 89.9 Å². The Morgan fingerprint density at radius 1 is 1.40 bits per heavy atom. The zero-order chi connectivity index (χ0) is 11.6. The summed E-state index contributed by atoms with van der Waals surface area (Å²) in [4.78, 5) is 13.4. The Balaban J connectivity index is 2.61. The van der Waals surface area contributed by atoms with Gasteiger partial charge in [-0.1, -0.05) is 13.8 Å². The number of hydrogen-bond donors (Lipinski definition) is 3. The van der Waals surface area contributed by atoms with Gasteiger partial charge in [-0.2, -0.15) is 0 Å². The Bertz CT molecular complexity index is 223. The van der Waals surface area contributed by atoms with Crippen molar-refractivity contribution in [3.63, 3.8) is 0 Å². The van der Waals surface area contributed by atoms with Crippen LogP contribution in [-0.2, 0) is 4.79 Å². The summed E-state index contributed by atoms with van der Waals surface area (Å²) in [7, 11) is 0. The molecule has 0 saturated carbocycles. The second kappa shape index (κ2) is 4.92. The Hall–Kier alpha value is -0.650. The minimum atomic E-state index is -0.820. The van der Waals surface area contributed by atoms with E-state index >= 15 is 0 Å². The van der Waals surface area contributed by atoms with Crippen LogP contribution in [-0.4, -0.2) is 52.9 Å². The fourth-order valence-electron chi connectivity index (χ4n) is 1.84. The molecule has 88 valence electrons. The van der Waals surface area contributed by atoms with Crippen LogP contribution in [0.2, 0.25) is 0 Å². The van der Waals surface area contributed by atoms with Gasteiger partial charge in [0.1, 0.15) is 0 Å². The number of nitrogens with two attached hydrogens (primary N) is 1. The van der Waals surface area contributed by atoms with Gasteiger partial charge in [0.25, 0.3) is 0 Å². The minimum absolute atomic E-state index is 0.0666. The molecule has 0 aromatic heterocycles. The van der Waals surface area contributed by atoms with E-state index < -0.39 is 12.2 Å². The van der Waals surface area contributed by atoms with Crippen LogP contribution >= 0.6 is 0 Å². The summed E-state index contributed by atoms with van der Waals surface area (Å²) in [6, 6.07) is 0. The van der Waals surface area contributed by atoms with Gasteiger partial charge in [-0.05, 0) is 5.92 Å². The van der Waals surface area contributed by atoms with Gasteiger partial charge < -0.3 is 20.8 Å². The van der Waals surface area contributed by atoms with Crippen molar-refractivity contribution < 1.29 is 15.0 Å². The molecule has 5 heteroatoms. The van der Waals surface area contributed by atoms with Crippen LogP contribution in [0.3, 0.4) is 0 Å². The highest BCUT2D eigenvalue weighted by Crippen LogP contribution is 2.17. The van der Waals surface area contributed by atoms with Crippen LogP contribution in [0.1, 0.15) is 13.8 Å². The lowest BCUT2D eigenvalue weighted by atomic mass is 9.94. The standard InChI is InChI=1S/C10H20N2O3/c1-6(2)7(3-11)10(15)12-4-8(13)9(14)5-12/h6-9,13-14H,3-5,11H2,1-2H3. The molecule has 0 aromatic rings. The van der Waals surface area contributed by atoms with Crippen molar-refractivity contribution in [3.8, 4) is 0 Å². The predicted molar refractivity (Wildman–Crippen MR) is 56.0 cm³/mol. The van der Waals surface area contributed by atoms with Gasteiger partial charge in [-0.15, -0.1) is 0 Å². The summed E-state index contributed by atoms with van der Waals surface area (Å²) in [5.41, 5.74) is 5.54. The lowest BCUT2D eigenvalue weighted by Gasteiger charge is -2.24. The van der Waals surface area contributed by atoms with Gasteiger partial charge >= 0.3 is 0 Å². The molecule has 3 unspecified atom stereocenters. The quantitative estimate of drug-likeness (QED) is 0.552. The highest BCUT2D eigenvalue weighted by atomic mass is 16.3. The van der Waals surface area contributed by atoms with Crippen molar-refractivity contribution in [3.05, 3.63) is 0 Å². The number of nitrogens with zero attached hydrogens (tertiary/aromatic N) is 1. The molecule has 0 aliphatic carbocycles. The number of amides is 1. The molecule has 1 rings (SSSR count). The Morgan fingerprint density at radius 3 is 2.20 bits per heavy atom. The number of likely N-dealkylation sites (tertiary alicyclic amines) is 1. The molecular weight excluding hydrogens is 196 g/mol. The molecule has 4 N–H and O–H groups in total. The normalized spacial score (nSPS) is 28.5. The number of rotatable bonds is 3. The van der Waals surface area contributed by atoms with E-state index in [1.165, 1.54) is 4.90 Å². The molecule has 1 amide bonds. The number of aliphatic hydroxyl groups excluding tert-OH is 2. The van der Waals surface area contributed by atoms with E-state index in [-0.39, 0.29) is 30.8 Å². The average molecular weight is 216 g/mol. The van der Waals surface area contributed by atoms with Crippen LogP contribution in [0.15, 0.2) is 0 Å². The third-order valence-corrected chi connectivity index (χ3v) is 2.95. The first-order valence-electron chi connectivity index (χ1n) is 5.32. The first-order chi connectivity index (χ1) is 6.97. The minimum Gasteiger partial charge on any atom is -0.388 e. The molecule has 0 radical (unpaired) electrons. The second-order valence-electron chi connectivity index (χ2n) is 4.46. The molecule has 1 fully saturated rings.